The molecule has 0 saturated carbocycles. The quantitative estimate of drug-likeness (QED) is 0.795. The third kappa shape index (κ3) is 4.59. The van der Waals surface area contributed by atoms with Gasteiger partial charge in [0, 0.05) is 24.6 Å². The van der Waals surface area contributed by atoms with Gasteiger partial charge in [0.1, 0.15) is 5.01 Å². The van der Waals surface area contributed by atoms with E-state index in [9.17, 15) is 13.2 Å². The number of nitrogens with one attached hydrogen (secondary N) is 1. The second-order valence-corrected chi connectivity index (χ2v) is 10.8. The second kappa shape index (κ2) is 8.26. The van der Waals surface area contributed by atoms with Crippen LogP contribution in [0.25, 0.3) is 0 Å². The van der Waals surface area contributed by atoms with Crippen LogP contribution in [0.15, 0.2) is 29.2 Å². The Labute approximate surface area is 170 Å². The van der Waals surface area contributed by atoms with Gasteiger partial charge in [0.05, 0.1) is 4.90 Å². The Kier molecular flexibility index (Phi) is 6.16. The van der Waals surface area contributed by atoms with Gasteiger partial charge in [0.2, 0.25) is 15.2 Å². The fourth-order valence-corrected chi connectivity index (χ4v) is 5.84. The van der Waals surface area contributed by atoms with Crippen LogP contribution in [0, 0.1) is 11.8 Å². The number of carbonyl (C=O) groups excluding carboxylic acids is 1. The summed E-state index contributed by atoms with van der Waals surface area (Å²) >= 11 is 1.33. The highest BCUT2D eigenvalue weighted by Crippen LogP contribution is 2.27. The molecule has 0 spiro atoms. The lowest BCUT2D eigenvalue weighted by Crippen LogP contribution is -2.42. The molecule has 28 heavy (non-hydrogen) atoms. The largest absolute Gasteiger partial charge is 0.296 e. The van der Waals surface area contributed by atoms with E-state index in [1.807, 2.05) is 13.8 Å². The molecule has 1 aliphatic rings. The number of hydrogen-bond donors (Lipinski definition) is 1. The zero-order valence-electron chi connectivity index (χ0n) is 16.5. The summed E-state index contributed by atoms with van der Waals surface area (Å²) in [7, 11) is -3.55. The number of aromatic nitrogens is 2. The van der Waals surface area contributed by atoms with Crippen LogP contribution in [0.3, 0.4) is 0 Å². The third-order valence-corrected chi connectivity index (χ3v) is 7.73. The van der Waals surface area contributed by atoms with Gasteiger partial charge < -0.3 is 0 Å². The maximum Gasteiger partial charge on any atom is 0.257 e. The minimum Gasteiger partial charge on any atom is -0.296 e. The van der Waals surface area contributed by atoms with E-state index in [1.165, 1.54) is 35.6 Å². The SMILES string of the molecule is CC1CC(C)CN(S(=O)(=O)c2ccc(C(=O)Nc3nnc(C(C)C)s3)cc2)C1. The van der Waals surface area contributed by atoms with E-state index in [1.54, 1.807) is 4.31 Å². The van der Waals surface area contributed by atoms with Crippen LogP contribution in [0.5, 0.6) is 0 Å². The Morgan fingerprint density at radius 1 is 1.14 bits per heavy atom. The topological polar surface area (TPSA) is 92.3 Å². The van der Waals surface area contributed by atoms with Crippen molar-refractivity contribution < 1.29 is 13.2 Å². The van der Waals surface area contributed by atoms with Crippen LogP contribution in [0.4, 0.5) is 5.13 Å². The summed E-state index contributed by atoms with van der Waals surface area (Å²) in [5.74, 6) is 0.584. The van der Waals surface area contributed by atoms with Crippen LogP contribution in [-0.4, -0.2) is 41.9 Å². The second-order valence-electron chi connectivity index (χ2n) is 7.85. The monoisotopic (exact) mass is 422 g/mol. The molecule has 1 saturated heterocycles. The van der Waals surface area contributed by atoms with Crippen molar-refractivity contribution in [1.29, 1.82) is 0 Å². The molecule has 1 fully saturated rings. The summed E-state index contributed by atoms with van der Waals surface area (Å²) in [4.78, 5) is 12.6. The molecule has 152 valence electrons. The summed E-state index contributed by atoms with van der Waals surface area (Å²) < 4.78 is 27.4. The smallest absolute Gasteiger partial charge is 0.257 e. The lowest BCUT2D eigenvalue weighted by Gasteiger charge is -2.34. The normalized spacial score (nSPS) is 21.0. The summed E-state index contributed by atoms with van der Waals surface area (Å²) in [5.41, 5.74) is 0.376. The molecular formula is C19H26N4O3S2. The number of anilines is 1. The average Bonchev–Trinajstić information content (AvgIpc) is 3.10. The van der Waals surface area contributed by atoms with E-state index in [0.717, 1.165) is 11.4 Å². The van der Waals surface area contributed by atoms with Crippen molar-refractivity contribution in [2.24, 2.45) is 11.8 Å². The summed E-state index contributed by atoms with van der Waals surface area (Å²) in [6, 6.07) is 6.05. The fourth-order valence-electron chi connectivity index (χ4n) is 3.42. The van der Waals surface area contributed by atoms with Gasteiger partial charge in [-0.25, -0.2) is 8.42 Å². The first kappa shape index (κ1) is 20.9. The van der Waals surface area contributed by atoms with Crippen molar-refractivity contribution >= 4 is 32.4 Å². The number of sulfonamides is 1. The standard InChI is InChI=1S/C19H26N4O3S2/c1-12(2)18-21-22-19(27-18)20-17(24)15-5-7-16(8-6-15)28(25,26)23-10-13(3)9-14(4)11-23/h5-8,12-14H,9-11H2,1-4H3,(H,20,22,24). The first-order valence-corrected chi connectivity index (χ1v) is 11.7. The molecule has 3 rings (SSSR count). The average molecular weight is 423 g/mol. The zero-order valence-corrected chi connectivity index (χ0v) is 18.2. The summed E-state index contributed by atoms with van der Waals surface area (Å²) in [6.45, 7) is 9.23. The number of piperidine rings is 1. The van der Waals surface area contributed by atoms with Crippen molar-refractivity contribution in [3.8, 4) is 0 Å². The number of carbonyl (C=O) groups is 1. The van der Waals surface area contributed by atoms with Crippen molar-refractivity contribution in [2.45, 2.75) is 44.9 Å². The molecular weight excluding hydrogens is 396 g/mol. The maximum atomic E-state index is 12.9. The van der Waals surface area contributed by atoms with Gasteiger partial charge in [-0.05, 0) is 42.5 Å². The minimum absolute atomic E-state index is 0.211. The molecule has 1 N–H and O–H groups in total. The molecule has 2 unspecified atom stereocenters. The van der Waals surface area contributed by atoms with Crippen molar-refractivity contribution in [3.63, 3.8) is 0 Å². The van der Waals surface area contributed by atoms with Crippen LogP contribution in [0.1, 0.15) is 55.4 Å². The highest BCUT2D eigenvalue weighted by Gasteiger charge is 2.31. The predicted octanol–water partition coefficient (Wildman–Crippen LogP) is 3.58. The Hall–Kier alpha value is -1.84. The molecule has 2 atom stereocenters. The lowest BCUT2D eigenvalue weighted by atomic mass is 9.94. The van der Waals surface area contributed by atoms with Crippen molar-refractivity contribution in [1.82, 2.24) is 14.5 Å². The fraction of sp³-hybridized carbons (Fsp3) is 0.526. The van der Waals surface area contributed by atoms with Crippen LogP contribution in [0.2, 0.25) is 0 Å². The molecule has 1 aromatic carbocycles. The molecule has 0 radical (unpaired) electrons. The molecule has 1 amide bonds. The van der Waals surface area contributed by atoms with Gasteiger partial charge >= 0.3 is 0 Å². The maximum absolute atomic E-state index is 12.9. The highest BCUT2D eigenvalue weighted by molar-refractivity contribution is 7.89. The van der Waals surface area contributed by atoms with Crippen molar-refractivity contribution in [2.75, 3.05) is 18.4 Å². The zero-order chi connectivity index (χ0) is 20.5. The number of benzene rings is 1. The Morgan fingerprint density at radius 3 is 2.29 bits per heavy atom. The molecule has 2 heterocycles. The third-order valence-electron chi connectivity index (χ3n) is 4.74. The first-order chi connectivity index (χ1) is 13.2. The van der Waals surface area contributed by atoms with Gasteiger partial charge in [-0.2, -0.15) is 4.31 Å². The molecule has 1 aromatic heterocycles. The molecule has 7 nitrogen and oxygen atoms in total. The Morgan fingerprint density at radius 2 is 1.75 bits per heavy atom. The molecule has 1 aliphatic heterocycles. The number of hydrogen-bond acceptors (Lipinski definition) is 6. The van der Waals surface area contributed by atoms with E-state index < -0.39 is 10.0 Å². The van der Waals surface area contributed by atoms with Gasteiger partial charge in [0.15, 0.2) is 0 Å². The van der Waals surface area contributed by atoms with Gasteiger partial charge in [0.25, 0.3) is 5.91 Å². The van der Waals surface area contributed by atoms with E-state index in [2.05, 4.69) is 29.4 Å². The van der Waals surface area contributed by atoms with Crippen molar-refractivity contribution in [3.05, 3.63) is 34.8 Å². The van der Waals surface area contributed by atoms with Crippen LogP contribution < -0.4 is 5.32 Å². The van der Waals surface area contributed by atoms with E-state index >= 15 is 0 Å². The van der Waals surface area contributed by atoms with E-state index in [0.29, 0.717) is 35.6 Å². The number of nitrogens with zero attached hydrogens (tertiary/aromatic N) is 3. The first-order valence-electron chi connectivity index (χ1n) is 9.41. The number of rotatable bonds is 5. The predicted molar refractivity (Wildman–Crippen MR) is 110 cm³/mol. The Balaban J connectivity index is 1.72. The molecule has 9 heteroatoms. The molecule has 2 aromatic rings. The van der Waals surface area contributed by atoms with Crippen LogP contribution in [-0.2, 0) is 10.0 Å². The summed E-state index contributed by atoms with van der Waals surface area (Å²) in [5, 5.41) is 12.0. The summed E-state index contributed by atoms with van der Waals surface area (Å²) in [6.07, 6.45) is 1.04. The van der Waals surface area contributed by atoms with Gasteiger partial charge in [-0.3, -0.25) is 10.1 Å². The lowest BCUT2D eigenvalue weighted by molar-refractivity contribution is 0.102. The van der Waals surface area contributed by atoms with Gasteiger partial charge in [-0.15, -0.1) is 10.2 Å². The van der Waals surface area contributed by atoms with Crippen LogP contribution >= 0.6 is 11.3 Å². The molecule has 0 bridgehead atoms. The Bertz CT molecular complexity index is 928. The van der Waals surface area contributed by atoms with Gasteiger partial charge in [-0.1, -0.05) is 39.0 Å². The number of amides is 1. The molecule has 0 aliphatic carbocycles. The van der Waals surface area contributed by atoms with E-state index in [-0.39, 0.29) is 16.7 Å². The highest BCUT2D eigenvalue weighted by atomic mass is 32.2. The van der Waals surface area contributed by atoms with E-state index in [4.69, 9.17) is 0 Å². The minimum atomic E-state index is -3.55.